The minimum absolute atomic E-state index is 0.0871. The van der Waals surface area contributed by atoms with Crippen LogP contribution in [0.15, 0.2) is 72.8 Å². The van der Waals surface area contributed by atoms with Gasteiger partial charge in [-0.25, -0.2) is 4.79 Å². The maximum absolute atomic E-state index is 12.5. The van der Waals surface area contributed by atoms with E-state index in [9.17, 15) is 9.90 Å². The molecule has 5 heteroatoms. The molecular weight excluding hydrogens is 441 g/mol. The van der Waals surface area contributed by atoms with Crippen molar-refractivity contribution in [1.82, 2.24) is 0 Å². The number of fused-ring (bicyclic) bond motifs is 2. The van der Waals surface area contributed by atoms with E-state index >= 15 is 0 Å². The third-order valence-electron chi connectivity index (χ3n) is 7.51. The predicted octanol–water partition coefficient (Wildman–Crippen LogP) is 7.08. The summed E-state index contributed by atoms with van der Waals surface area (Å²) >= 11 is 12.5. The number of anilines is 1. The molecule has 32 heavy (non-hydrogen) atoms. The number of halogens is 2. The van der Waals surface area contributed by atoms with Crippen molar-refractivity contribution in [1.29, 1.82) is 0 Å². The molecule has 1 fully saturated rings. The second kappa shape index (κ2) is 8.13. The number of hydrogen-bond acceptors (Lipinski definition) is 2. The van der Waals surface area contributed by atoms with E-state index in [1.807, 2.05) is 24.3 Å². The molecule has 0 saturated heterocycles. The number of rotatable bonds is 4. The Hall–Kier alpha value is -2.49. The first kappa shape index (κ1) is 21.4. The molecule has 1 saturated carbocycles. The highest BCUT2D eigenvalue weighted by atomic mass is 35.5. The smallest absolute Gasteiger partial charge is 0.329 e. The Balaban J connectivity index is 1.51. The Kier molecular flexibility index (Phi) is 5.43. The fourth-order valence-corrected chi connectivity index (χ4v) is 6.31. The number of carboxylic acid groups (broad SMARTS) is 1. The van der Waals surface area contributed by atoms with Gasteiger partial charge in [0.2, 0.25) is 0 Å². The Labute approximate surface area is 198 Å². The summed E-state index contributed by atoms with van der Waals surface area (Å²) in [5, 5.41) is 14.9. The van der Waals surface area contributed by atoms with E-state index in [0.29, 0.717) is 17.9 Å². The summed E-state index contributed by atoms with van der Waals surface area (Å²) in [4.78, 5) is 12.5. The average Bonchev–Trinajstić information content (AvgIpc) is 3.10. The van der Waals surface area contributed by atoms with Gasteiger partial charge in [0.15, 0.2) is 0 Å². The Morgan fingerprint density at radius 2 is 1.56 bits per heavy atom. The minimum Gasteiger partial charge on any atom is -0.480 e. The molecule has 164 valence electrons. The Bertz CT molecular complexity index is 1170. The lowest BCUT2D eigenvalue weighted by atomic mass is 9.59. The van der Waals surface area contributed by atoms with E-state index in [-0.39, 0.29) is 11.3 Å². The van der Waals surface area contributed by atoms with Gasteiger partial charge in [-0.05, 0) is 85.0 Å². The molecular formula is C27H25Cl2NO2. The van der Waals surface area contributed by atoms with Crippen LogP contribution in [0.3, 0.4) is 0 Å². The first-order valence-electron chi connectivity index (χ1n) is 11.0. The van der Waals surface area contributed by atoms with Crippen LogP contribution in [0.5, 0.6) is 0 Å². The highest BCUT2D eigenvalue weighted by molar-refractivity contribution is 6.31. The molecule has 3 aromatic rings. The topological polar surface area (TPSA) is 49.3 Å². The molecule has 2 aliphatic rings. The van der Waals surface area contributed by atoms with Crippen LogP contribution >= 0.6 is 23.2 Å². The van der Waals surface area contributed by atoms with Gasteiger partial charge in [0.05, 0.1) is 0 Å². The van der Waals surface area contributed by atoms with Crippen molar-refractivity contribution in [2.75, 3.05) is 5.32 Å². The van der Waals surface area contributed by atoms with E-state index in [1.165, 1.54) is 16.7 Å². The monoisotopic (exact) mass is 465 g/mol. The molecule has 0 aliphatic heterocycles. The number of carbonyl (C=O) groups is 1. The Morgan fingerprint density at radius 1 is 0.875 bits per heavy atom. The third kappa shape index (κ3) is 3.58. The van der Waals surface area contributed by atoms with Crippen LogP contribution in [0.4, 0.5) is 5.69 Å². The summed E-state index contributed by atoms with van der Waals surface area (Å²) in [5.74, 6) is -0.519. The quantitative estimate of drug-likeness (QED) is 0.432. The van der Waals surface area contributed by atoms with Crippen LogP contribution in [0.25, 0.3) is 0 Å². The van der Waals surface area contributed by atoms with Crippen LogP contribution in [0.1, 0.15) is 48.3 Å². The van der Waals surface area contributed by atoms with Crippen molar-refractivity contribution in [2.45, 2.75) is 49.0 Å². The molecule has 1 spiro atoms. The van der Waals surface area contributed by atoms with Gasteiger partial charge in [-0.1, -0.05) is 65.7 Å². The summed E-state index contributed by atoms with van der Waals surface area (Å²) in [6.07, 6.45) is 3.63. The van der Waals surface area contributed by atoms with E-state index in [4.69, 9.17) is 23.2 Å². The van der Waals surface area contributed by atoms with Gasteiger partial charge in [-0.15, -0.1) is 0 Å². The van der Waals surface area contributed by atoms with E-state index in [1.54, 1.807) is 12.1 Å². The standard InChI is InChI=1S/C27H25Cl2NO2/c28-20-7-3-6-18(15-20)24-16-19-5-1-2-10-23(19)26(24)11-13-27(14-12-26,25(31)32)30-22-9-4-8-21(29)17-22/h1-10,15,17,24,30H,11-14,16H2,(H,31,32). The zero-order chi connectivity index (χ0) is 22.3. The van der Waals surface area contributed by atoms with Gasteiger partial charge in [0, 0.05) is 21.1 Å². The molecule has 1 atom stereocenters. The van der Waals surface area contributed by atoms with Crippen molar-refractivity contribution >= 4 is 34.9 Å². The van der Waals surface area contributed by atoms with Crippen LogP contribution in [-0.2, 0) is 16.6 Å². The predicted molar refractivity (Wildman–Crippen MR) is 130 cm³/mol. The van der Waals surface area contributed by atoms with Crippen molar-refractivity contribution in [3.63, 3.8) is 0 Å². The van der Waals surface area contributed by atoms with Gasteiger partial charge in [0.1, 0.15) is 5.54 Å². The largest absolute Gasteiger partial charge is 0.480 e. The molecule has 0 radical (unpaired) electrons. The first-order chi connectivity index (χ1) is 15.4. The molecule has 5 rings (SSSR count). The molecule has 0 heterocycles. The van der Waals surface area contributed by atoms with Crippen LogP contribution in [-0.4, -0.2) is 16.6 Å². The van der Waals surface area contributed by atoms with Crippen LogP contribution < -0.4 is 5.32 Å². The zero-order valence-electron chi connectivity index (χ0n) is 17.7. The molecule has 2 N–H and O–H groups in total. The molecule has 0 amide bonds. The van der Waals surface area contributed by atoms with Crippen LogP contribution in [0.2, 0.25) is 10.0 Å². The maximum Gasteiger partial charge on any atom is 0.329 e. The van der Waals surface area contributed by atoms with Gasteiger partial charge < -0.3 is 10.4 Å². The van der Waals surface area contributed by atoms with Crippen molar-refractivity contribution < 1.29 is 9.90 Å². The molecule has 2 aliphatic carbocycles. The second-order valence-corrected chi connectivity index (χ2v) is 10.0. The number of hydrogen-bond donors (Lipinski definition) is 2. The van der Waals surface area contributed by atoms with Gasteiger partial charge in [-0.3, -0.25) is 0 Å². The lowest BCUT2D eigenvalue weighted by Crippen LogP contribution is -2.52. The minimum atomic E-state index is -1.01. The third-order valence-corrected chi connectivity index (χ3v) is 7.98. The highest BCUT2D eigenvalue weighted by Gasteiger charge is 2.54. The number of nitrogens with one attached hydrogen (secondary N) is 1. The molecule has 3 nitrogen and oxygen atoms in total. The summed E-state index contributed by atoms with van der Waals surface area (Å²) in [6, 6.07) is 24.1. The normalized spacial score (nSPS) is 26.6. The highest BCUT2D eigenvalue weighted by Crippen LogP contribution is 2.58. The maximum atomic E-state index is 12.5. The molecule has 3 aromatic carbocycles. The molecule has 0 bridgehead atoms. The summed E-state index contributed by atoms with van der Waals surface area (Å²) in [7, 11) is 0. The number of aliphatic carboxylic acids is 1. The lowest BCUT2D eigenvalue weighted by molar-refractivity contribution is -0.144. The Morgan fingerprint density at radius 3 is 2.25 bits per heavy atom. The summed E-state index contributed by atoms with van der Waals surface area (Å²) in [5.41, 5.74) is 3.62. The SMILES string of the molecule is O=C(O)C1(Nc2cccc(Cl)c2)CCC2(CC1)c1ccccc1CC2c1cccc(Cl)c1. The van der Waals surface area contributed by atoms with E-state index in [2.05, 4.69) is 41.7 Å². The van der Waals surface area contributed by atoms with Crippen LogP contribution in [0, 0.1) is 0 Å². The fourth-order valence-electron chi connectivity index (χ4n) is 5.92. The number of carboxylic acids is 1. The lowest BCUT2D eigenvalue weighted by Gasteiger charge is -2.47. The molecule has 1 unspecified atom stereocenters. The van der Waals surface area contributed by atoms with Crippen molar-refractivity contribution in [3.05, 3.63) is 99.5 Å². The molecule has 0 aromatic heterocycles. The van der Waals surface area contributed by atoms with Gasteiger partial charge in [-0.2, -0.15) is 0 Å². The first-order valence-corrected chi connectivity index (χ1v) is 11.8. The fraction of sp³-hybridized carbons (Fsp3) is 0.296. The second-order valence-electron chi connectivity index (χ2n) is 9.15. The van der Waals surface area contributed by atoms with Crippen molar-refractivity contribution in [3.8, 4) is 0 Å². The van der Waals surface area contributed by atoms with Gasteiger partial charge in [0.25, 0.3) is 0 Å². The van der Waals surface area contributed by atoms with Crippen molar-refractivity contribution in [2.24, 2.45) is 0 Å². The number of benzene rings is 3. The zero-order valence-corrected chi connectivity index (χ0v) is 19.2. The average molecular weight is 466 g/mol. The summed E-state index contributed by atoms with van der Waals surface area (Å²) in [6.45, 7) is 0. The van der Waals surface area contributed by atoms with E-state index < -0.39 is 11.5 Å². The van der Waals surface area contributed by atoms with Gasteiger partial charge >= 0.3 is 5.97 Å². The summed E-state index contributed by atoms with van der Waals surface area (Å²) < 4.78 is 0. The van der Waals surface area contributed by atoms with E-state index in [0.717, 1.165) is 30.0 Å².